The Labute approximate surface area is 134 Å². The van der Waals surface area contributed by atoms with E-state index in [-0.39, 0.29) is 17.0 Å². The summed E-state index contributed by atoms with van der Waals surface area (Å²) in [7, 11) is -2.88. The summed E-state index contributed by atoms with van der Waals surface area (Å²) in [5.41, 5.74) is -0.522. The highest BCUT2D eigenvalue weighted by atomic mass is 32.2. The fourth-order valence-corrected chi connectivity index (χ4v) is 5.56. The Hall–Kier alpha value is -1.51. The Morgan fingerprint density at radius 2 is 2.04 bits per heavy atom. The first-order chi connectivity index (χ1) is 11.0. The Bertz CT molecular complexity index is 708. The van der Waals surface area contributed by atoms with Crippen molar-refractivity contribution >= 4 is 16.0 Å². The summed E-state index contributed by atoms with van der Waals surface area (Å²) in [5.74, 6) is -1.87. The number of methoxy groups -OCH3 is 1. The third-order valence-corrected chi connectivity index (χ3v) is 6.55. The number of sulfonamides is 1. The molecule has 6 nitrogen and oxygen atoms in total. The smallest absolute Gasteiger partial charge is 0.342 e. The first-order valence-corrected chi connectivity index (χ1v) is 9.02. The number of carbonyl (C=O) groups is 1. The molecule has 2 fully saturated rings. The zero-order valence-electron chi connectivity index (χ0n) is 12.8. The summed E-state index contributed by atoms with van der Waals surface area (Å²) in [5, 5.41) is 3.22. The molecule has 0 spiro atoms. The van der Waals surface area contributed by atoms with Crippen LogP contribution in [0, 0.1) is 5.82 Å². The Kier molecular flexibility index (Phi) is 4.39. The maximum absolute atomic E-state index is 14.1. The van der Waals surface area contributed by atoms with Gasteiger partial charge in [0.2, 0.25) is 10.0 Å². The molecule has 8 heteroatoms. The zero-order valence-corrected chi connectivity index (χ0v) is 13.6. The first-order valence-electron chi connectivity index (χ1n) is 7.58. The zero-order chi connectivity index (χ0) is 16.6. The number of nitrogens with zero attached hydrogens (tertiary/aromatic N) is 1. The van der Waals surface area contributed by atoms with Gasteiger partial charge in [-0.2, -0.15) is 4.31 Å². The lowest BCUT2D eigenvalue weighted by atomic mass is 10.1. The van der Waals surface area contributed by atoms with Gasteiger partial charge in [0.1, 0.15) is 11.4 Å². The number of halogens is 1. The van der Waals surface area contributed by atoms with E-state index in [0.717, 1.165) is 32.6 Å². The van der Waals surface area contributed by atoms with Crippen molar-refractivity contribution in [3.8, 4) is 0 Å². The van der Waals surface area contributed by atoms with Gasteiger partial charge in [-0.05, 0) is 37.9 Å². The molecule has 3 rings (SSSR count). The van der Waals surface area contributed by atoms with Crippen LogP contribution in [0.3, 0.4) is 0 Å². The fourth-order valence-electron chi connectivity index (χ4n) is 3.46. The number of ether oxygens (including phenoxy) is 1. The van der Waals surface area contributed by atoms with Crippen LogP contribution in [0.15, 0.2) is 23.1 Å². The van der Waals surface area contributed by atoms with E-state index < -0.39 is 27.4 Å². The minimum atomic E-state index is -3.98. The molecule has 0 amide bonds. The summed E-state index contributed by atoms with van der Waals surface area (Å²) < 4.78 is 46.3. The molecule has 23 heavy (non-hydrogen) atoms. The van der Waals surface area contributed by atoms with Gasteiger partial charge in [0.15, 0.2) is 0 Å². The van der Waals surface area contributed by atoms with E-state index in [2.05, 4.69) is 10.1 Å². The second-order valence-electron chi connectivity index (χ2n) is 5.82. The van der Waals surface area contributed by atoms with Gasteiger partial charge in [0.25, 0.3) is 0 Å². The number of carbonyl (C=O) groups excluding carboxylic acids is 1. The van der Waals surface area contributed by atoms with Gasteiger partial charge in [0, 0.05) is 18.6 Å². The van der Waals surface area contributed by atoms with Crippen LogP contribution >= 0.6 is 0 Å². The Morgan fingerprint density at radius 3 is 2.78 bits per heavy atom. The second kappa shape index (κ2) is 6.18. The van der Waals surface area contributed by atoms with Crippen molar-refractivity contribution in [3.05, 3.63) is 29.6 Å². The first kappa shape index (κ1) is 16.4. The van der Waals surface area contributed by atoms with Crippen LogP contribution in [-0.2, 0) is 14.8 Å². The minimum Gasteiger partial charge on any atom is -0.465 e. The fraction of sp³-hybridized carbons (Fsp3) is 0.533. The highest BCUT2D eigenvalue weighted by Gasteiger charge is 2.44. The van der Waals surface area contributed by atoms with E-state index in [9.17, 15) is 17.6 Å². The lowest BCUT2D eigenvalue weighted by Gasteiger charge is -2.27. The quantitative estimate of drug-likeness (QED) is 0.834. The van der Waals surface area contributed by atoms with Gasteiger partial charge < -0.3 is 10.1 Å². The van der Waals surface area contributed by atoms with E-state index in [1.54, 1.807) is 0 Å². The molecule has 1 aromatic rings. The monoisotopic (exact) mass is 342 g/mol. The van der Waals surface area contributed by atoms with Gasteiger partial charge in [-0.25, -0.2) is 17.6 Å². The summed E-state index contributed by atoms with van der Waals surface area (Å²) >= 11 is 0. The molecule has 2 heterocycles. The third-order valence-electron chi connectivity index (χ3n) is 4.51. The minimum absolute atomic E-state index is 0.117. The number of nitrogens with one attached hydrogen (secondary N) is 1. The number of esters is 1. The summed E-state index contributed by atoms with van der Waals surface area (Å²) in [4.78, 5) is 11.6. The molecule has 2 saturated heterocycles. The SMILES string of the molecule is COC(=O)c1c(F)cccc1S(=O)(=O)N1C2CCNCC1CC2. The van der Waals surface area contributed by atoms with E-state index in [0.29, 0.717) is 13.0 Å². The van der Waals surface area contributed by atoms with Crippen LogP contribution in [-0.4, -0.2) is 51.0 Å². The van der Waals surface area contributed by atoms with Crippen LogP contribution in [0.25, 0.3) is 0 Å². The Morgan fingerprint density at radius 1 is 1.30 bits per heavy atom. The molecule has 1 N–H and O–H groups in total. The van der Waals surface area contributed by atoms with Crippen LogP contribution < -0.4 is 5.32 Å². The molecule has 0 saturated carbocycles. The molecule has 2 aliphatic rings. The lowest BCUT2D eigenvalue weighted by molar-refractivity contribution is 0.0590. The molecule has 0 radical (unpaired) electrons. The van der Waals surface area contributed by atoms with Crippen LogP contribution in [0.4, 0.5) is 4.39 Å². The maximum atomic E-state index is 14.1. The third kappa shape index (κ3) is 2.75. The van der Waals surface area contributed by atoms with Gasteiger partial charge >= 0.3 is 5.97 Å². The predicted molar refractivity (Wildman–Crippen MR) is 81.1 cm³/mol. The van der Waals surface area contributed by atoms with Crippen molar-refractivity contribution in [1.29, 1.82) is 0 Å². The Balaban J connectivity index is 2.10. The molecule has 1 aromatic carbocycles. The molecule has 0 aliphatic carbocycles. The average molecular weight is 342 g/mol. The number of hydrogen-bond acceptors (Lipinski definition) is 5. The predicted octanol–water partition coefficient (Wildman–Crippen LogP) is 1.13. The van der Waals surface area contributed by atoms with Gasteiger partial charge in [-0.15, -0.1) is 0 Å². The second-order valence-corrected chi connectivity index (χ2v) is 7.63. The van der Waals surface area contributed by atoms with Crippen molar-refractivity contribution in [2.75, 3.05) is 20.2 Å². The highest BCUT2D eigenvalue weighted by Crippen LogP contribution is 2.35. The van der Waals surface area contributed by atoms with Crippen molar-refractivity contribution in [2.24, 2.45) is 0 Å². The summed E-state index contributed by atoms with van der Waals surface area (Å²) in [6, 6.07) is 3.34. The van der Waals surface area contributed by atoms with Crippen molar-refractivity contribution in [3.63, 3.8) is 0 Å². The van der Waals surface area contributed by atoms with Crippen LogP contribution in [0.1, 0.15) is 29.6 Å². The van der Waals surface area contributed by atoms with Crippen LogP contribution in [0.5, 0.6) is 0 Å². The molecular weight excluding hydrogens is 323 g/mol. The molecule has 2 bridgehead atoms. The maximum Gasteiger partial charge on any atom is 0.342 e. The van der Waals surface area contributed by atoms with Crippen molar-refractivity contribution in [1.82, 2.24) is 9.62 Å². The summed E-state index contributed by atoms with van der Waals surface area (Å²) in [6.45, 7) is 1.32. The van der Waals surface area contributed by atoms with Gasteiger partial charge in [0.05, 0.1) is 12.0 Å². The standard InChI is InChI=1S/C15H19FN2O4S/c1-22-15(19)14-12(16)3-2-4-13(14)23(20,21)18-10-5-6-11(18)9-17-8-7-10/h2-4,10-11,17H,5-9H2,1H3. The number of fused-ring (bicyclic) bond motifs is 2. The van der Waals surface area contributed by atoms with Crippen molar-refractivity contribution < 1.29 is 22.3 Å². The van der Waals surface area contributed by atoms with Crippen molar-refractivity contribution in [2.45, 2.75) is 36.2 Å². The van der Waals surface area contributed by atoms with Gasteiger partial charge in [-0.1, -0.05) is 6.07 Å². The topological polar surface area (TPSA) is 75.7 Å². The largest absolute Gasteiger partial charge is 0.465 e. The molecule has 2 aliphatic heterocycles. The average Bonchev–Trinajstić information content (AvgIpc) is 2.80. The van der Waals surface area contributed by atoms with E-state index in [4.69, 9.17) is 0 Å². The number of hydrogen-bond donors (Lipinski definition) is 1. The molecular formula is C15H19FN2O4S. The van der Waals surface area contributed by atoms with Gasteiger partial charge in [-0.3, -0.25) is 0 Å². The molecule has 2 atom stereocenters. The number of benzene rings is 1. The normalized spacial score (nSPS) is 25.1. The highest BCUT2D eigenvalue weighted by molar-refractivity contribution is 7.89. The number of rotatable bonds is 3. The molecule has 2 unspecified atom stereocenters. The molecule has 0 aromatic heterocycles. The van der Waals surface area contributed by atoms with Crippen LogP contribution in [0.2, 0.25) is 0 Å². The molecule has 126 valence electrons. The van der Waals surface area contributed by atoms with E-state index >= 15 is 0 Å². The lowest BCUT2D eigenvalue weighted by Crippen LogP contribution is -2.43. The van der Waals surface area contributed by atoms with E-state index in [1.807, 2.05) is 0 Å². The van der Waals surface area contributed by atoms with E-state index in [1.165, 1.54) is 16.4 Å². The summed E-state index contributed by atoms with van der Waals surface area (Å²) in [6.07, 6.45) is 2.26.